The van der Waals surface area contributed by atoms with Crippen LogP contribution in [0.25, 0.3) is 0 Å². The van der Waals surface area contributed by atoms with Crippen LogP contribution in [0.5, 0.6) is 0 Å². The number of hydrogen-bond acceptors (Lipinski definition) is 3. The molecule has 0 radical (unpaired) electrons. The van der Waals surface area contributed by atoms with Crippen molar-refractivity contribution in [2.45, 2.75) is 19.9 Å². The molecule has 2 aromatic rings. The number of halogens is 3. The Kier molecular flexibility index (Phi) is 4.29. The maximum atomic E-state index is 13.5. The molecule has 18 heavy (non-hydrogen) atoms. The molecule has 0 amide bonds. The Balaban J connectivity index is 2.08. The molecule has 0 aliphatic rings. The molecule has 1 heterocycles. The summed E-state index contributed by atoms with van der Waals surface area (Å²) in [5.74, 6) is -0.971. The molecular weight excluding hydrogens is 322 g/mol. The first-order valence-electron chi connectivity index (χ1n) is 5.42. The van der Waals surface area contributed by atoms with E-state index in [0.29, 0.717) is 6.54 Å². The summed E-state index contributed by atoms with van der Waals surface area (Å²) in [6, 6.07) is 2.25. The van der Waals surface area contributed by atoms with Gasteiger partial charge in [0.2, 0.25) is 0 Å². The van der Waals surface area contributed by atoms with Crippen LogP contribution in [0.4, 0.5) is 14.5 Å². The molecule has 2 rings (SSSR count). The number of hydrogen-bond donors (Lipinski definition) is 1. The van der Waals surface area contributed by atoms with Crippen molar-refractivity contribution < 1.29 is 8.78 Å². The Labute approximate surface area is 116 Å². The van der Waals surface area contributed by atoms with E-state index in [4.69, 9.17) is 0 Å². The fraction of sp³-hybridized carbons (Fsp3) is 0.250. The van der Waals surface area contributed by atoms with Crippen LogP contribution in [0.15, 0.2) is 22.8 Å². The van der Waals surface area contributed by atoms with E-state index in [1.165, 1.54) is 0 Å². The van der Waals surface area contributed by atoms with E-state index in [2.05, 4.69) is 26.2 Å². The summed E-state index contributed by atoms with van der Waals surface area (Å²) in [5, 5.41) is 3.91. The van der Waals surface area contributed by atoms with Gasteiger partial charge in [-0.15, -0.1) is 11.3 Å². The van der Waals surface area contributed by atoms with Gasteiger partial charge < -0.3 is 5.32 Å². The predicted octanol–water partition coefficient (Wildman–Crippen LogP) is 4.36. The lowest BCUT2D eigenvalue weighted by Crippen LogP contribution is -2.00. The van der Waals surface area contributed by atoms with Gasteiger partial charge in [-0.2, -0.15) is 0 Å². The minimum Gasteiger partial charge on any atom is -0.378 e. The molecule has 0 saturated heterocycles. The fourth-order valence-corrected chi connectivity index (χ4v) is 2.55. The largest absolute Gasteiger partial charge is 0.378 e. The number of rotatable bonds is 4. The molecule has 0 aliphatic carbocycles. The second-order valence-electron chi connectivity index (χ2n) is 3.67. The van der Waals surface area contributed by atoms with Crippen molar-refractivity contribution in [3.63, 3.8) is 0 Å². The van der Waals surface area contributed by atoms with E-state index in [9.17, 15) is 8.78 Å². The van der Waals surface area contributed by atoms with Gasteiger partial charge in [-0.25, -0.2) is 13.8 Å². The van der Waals surface area contributed by atoms with E-state index in [1.54, 1.807) is 17.5 Å². The highest BCUT2D eigenvalue weighted by atomic mass is 79.9. The third kappa shape index (κ3) is 3.05. The summed E-state index contributed by atoms with van der Waals surface area (Å²) >= 11 is 4.50. The first-order chi connectivity index (χ1) is 8.60. The number of anilines is 1. The zero-order valence-corrected chi connectivity index (χ0v) is 12.0. The molecule has 0 atom stereocenters. The maximum absolute atomic E-state index is 13.5. The van der Waals surface area contributed by atoms with Gasteiger partial charge in [0.1, 0.15) is 11.6 Å². The van der Waals surface area contributed by atoms with E-state index in [0.717, 1.165) is 28.4 Å². The van der Waals surface area contributed by atoms with E-state index < -0.39 is 11.6 Å². The summed E-state index contributed by atoms with van der Waals surface area (Å²) in [5.41, 5.74) is 0.155. The molecule has 0 saturated carbocycles. The highest BCUT2D eigenvalue weighted by Crippen LogP contribution is 2.24. The Morgan fingerprint density at radius 2 is 2.11 bits per heavy atom. The van der Waals surface area contributed by atoms with Gasteiger partial charge in [-0.05, 0) is 28.4 Å². The number of nitrogens with one attached hydrogen (secondary N) is 1. The second-order valence-corrected chi connectivity index (χ2v) is 5.73. The Bertz CT molecular complexity index is 557. The standard InChI is InChI=1S/C12H11BrF2N2S/c1-2-12-17-6-7(18-12)5-16-11-4-9(14)8(13)3-10(11)15/h3-4,6,16H,2,5H2,1H3. The van der Waals surface area contributed by atoms with E-state index in [-0.39, 0.29) is 10.2 Å². The van der Waals surface area contributed by atoms with Crippen LogP contribution in [0, 0.1) is 11.6 Å². The third-order valence-electron chi connectivity index (χ3n) is 2.37. The van der Waals surface area contributed by atoms with Crippen LogP contribution in [0.3, 0.4) is 0 Å². The summed E-state index contributed by atoms with van der Waals surface area (Å²) < 4.78 is 26.9. The fourth-order valence-electron chi connectivity index (χ4n) is 1.43. The van der Waals surface area contributed by atoms with Gasteiger partial charge in [0.25, 0.3) is 0 Å². The van der Waals surface area contributed by atoms with Crippen LogP contribution in [-0.2, 0) is 13.0 Å². The summed E-state index contributed by atoms with van der Waals surface area (Å²) in [6.45, 7) is 2.47. The quantitative estimate of drug-likeness (QED) is 0.841. The van der Waals surface area contributed by atoms with Gasteiger partial charge in [0, 0.05) is 17.1 Å². The van der Waals surface area contributed by atoms with Crippen molar-refractivity contribution in [2.75, 3.05) is 5.32 Å². The van der Waals surface area contributed by atoms with Crippen molar-refractivity contribution >= 4 is 33.0 Å². The van der Waals surface area contributed by atoms with Crippen molar-refractivity contribution in [1.29, 1.82) is 0 Å². The molecular formula is C12H11BrF2N2S. The van der Waals surface area contributed by atoms with Gasteiger partial charge in [-0.3, -0.25) is 0 Å². The minimum atomic E-state index is -0.488. The zero-order valence-electron chi connectivity index (χ0n) is 9.64. The van der Waals surface area contributed by atoms with Gasteiger partial charge >= 0.3 is 0 Å². The van der Waals surface area contributed by atoms with Crippen molar-refractivity contribution in [2.24, 2.45) is 0 Å². The molecule has 0 bridgehead atoms. The molecule has 2 nitrogen and oxygen atoms in total. The minimum absolute atomic E-state index is 0.122. The average molecular weight is 333 g/mol. The number of benzene rings is 1. The topological polar surface area (TPSA) is 24.9 Å². The maximum Gasteiger partial charge on any atom is 0.147 e. The lowest BCUT2D eigenvalue weighted by molar-refractivity contribution is 0.596. The monoisotopic (exact) mass is 332 g/mol. The molecule has 1 N–H and O–H groups in total. The molecule has 0 fully saturated rings. The molecule has 6 heteroatoms. The average Bonchev–Trinajstić information content (AvgIpc) is 2.80. The zero-order chi connectivity index (χ0) is 13.1. The summed E-state index contributed by atoms with van der Waals surface area (Å²) in [4.78, 5) is 5.20. The smallest absolute Gasteiger partial charge is 0.147 e. The second kappa shape index (κ2) is 5.75. The number of thiazole rings is 1. The highest BCUT2D eigenvalue weighted by Gasteiger charge is 2.08. The molecule has 1 aromatic carbocycles. The SMILES string of the molecule is CCc1ncc(CNc2cc(F)c(Br)cc2F)s1. The Morgan fingerprint density at radius 1 is 1.33 bits per heavy atom. The van der Waals surface area contributed by atoms with Gasteiger partial charge in [0.05, 0.1) is 21.7 Å². The molecule has 0 unspecified atom stereocenters. The number of nitrogens with zero attached hydrogens (tertiary/aromatic N) is 1. The lowest BCUT2D eigenvalue weighted by Gasteiger charge is -2.07. The first-order valence-corrected chi connectivity index (χ1v) is 7.03. The molecule has 96 valence electrons. The predicted molar refractivity (Wildman–Crippen MR) is 72.9 cm³/mol. The number of aryl methyl sites for hydroxylation is 1. The molecule has 0 aliphatic heterocycles. The Morgan fingerprint density at radius 3 is 2.78 bits per heavy atom. The van der Waals surface area contributed by atoms with Crippen LogP contribution in [0.2, 0.25) is 0 Å². The van der Waals surface area contributed by atoms with Gasteiger partial charge in [-0.1, -0.05) is 6.92 Å². The van der Waals surface area contributed by atoms with E-state index in [1.807, 2.05) is 6.92 Å². The Hall–Kier alpha value is -1.01. The van der Waals surface area contributed by atoms with E-state index >= 15 is 0 Å². The van der Waals surface area contributed by atoms with Crippen LogP contribution >= 0.6 is 27.3 Å². The van der Waals surface area contributed by atoms with Crippen LogP contribution < -0.4 is 5.32 Å². The van der Waals surface area contributed by atoms with Crippen molar-refractivity contribution in [3.05, 3.63) is 44.3 Å². The third-order valence-corrected chi connectivity index (χ3v) is 4.12. The number of aromatic nitrogens is 1. The lowest BCUT2D eigenvalue weighted by atomic mass is 10.3. The highest BCUT2D eigenvalue weighted by molar-refractivity contribution is 9.10. The first kappa shape index (κ1) is 13.4. The summed E-state index contributed by atoms with van der Waals surface area (Å²) in [6.07, 6.45) is 2.63. The molecule has 0 spiro atoms. The normalized spacial score (nSPS) is 10.7. The van der Waals surface area contributed by atoms with Crippen LogP contribution in [0.1, 0.15) is 16.8 Å². The van der Waals surface area contributed by atoms with Crippen LogP contribution in [-0.4, -0.2) is 4.98 Å². The van der Waals surface area contributed by atoms with Crippen molar-refractivity contribution in [1.82, 2.24) is 4.98 Å². The molecule has 1 aromatic heterocycles. The van der Waals surface area contributed by atoms with Crippen molar-refractivity contribution in [3.8, 4) is 0 Å². The summed E-state index contributed by atoms with van der Waals surface area (Å²) in [7, 11) is 0. The van der Waals surface area contributed by atoms with Gasteiger partial charge in [0.15, 0.2) is 0 Å².